The number of benzene rings is 2. The quantitative estimate of drug-likeness (QED) is 0.240. The predicted molar refractivity (Wildman–Crippen MR) is 122 cm³/mol. The van der Waals surface area contributed by atoms with Crippen LogP contribution in [0.4, 0.5) is 5.69 Å². The number of nitrogen functional groups attached to an aromatic ring is 1. The first-order valence-corrected chi connectivity index (χ1v) is 10.8. The number of nitro groups is 1. The minimum atomic E-state index is -0.881. The zero-order chi connectivity index (χ0) is 22.0. The number of nitrogens with two attached hydrogens (primary N) is 1. The van der Waals surface area contributed by atoms with Gasteiger partial charge in [-0.15, -0.1) is 0 Å². The second-order valence-electron chi connectivity index (χ2n) is 7.79. The molecular weight excluding hydrogens is 460 g/mol. The molecule has 160 valence electrons. The highest BCUT2D eigenvalue weighted by Crippen LogP contribution is 2.44. The molecule has 1 fully saturated rings. The van der Waals surface area contributed by atoms with E-state index in [1.165, 1.54) is 6.07 Å². The standard InChI is InChI=1S/C23H23BrN4O3/c24-19-6-2-1-5-17(19)18-9-11-27(14-15-4-3-10-26-13-15)22(23(18)28(30)31)16-7-8-21(29)20(25)12-16/h1-8,10,12-13,18,22-23,29H,9,11,14,25H2/t18-,22+,23-/m0/s1. The van der Waals surface area contributed by atoms with Crippen LogP contribution in [0.3, 0.4) is 0 Å². The lowest BCUT2D eigenvalue weighted by molar-refractivity contribution is -0.540. The van der Waals surface area contributed by atoms with Gasteiger partial charge in [0, 0.05) is 34.9 Å². The first-order chi connectivity index (χ1) is 15.0. The van der Waals surface area contributed by atoms with Gasteiger partial charge in [-0.3, -0.25) is 20.0 Å². The van der Waals surface area contributed by atoms with E-state index in [4.69, 9.17) is 5.73 Å². The van der Waals surface area contributed by atoms with E-state index in [0.717, 1.165) is 21.2 Å². The van der Waals surface area contributed by atoms with Crippen molar-refractivity contribution in [1.82, 2.24) is 9.88 Å². The van der Waals surface area contributed by atoms with Crippen molar-refractivity contribution in [2.24, 2.45) is 0 Å². The number of nitrogens with zero attached hydrogens (tertiary/aromatic N) is 3. The maximum absolute atomic E-state index is 12.5. The van der Waals surface area contributed by atoms with Crippen molar-refractivity contribution in [3.8, 4) is 5.75 Å². The summed E-state index contributed by atoms with van der Waals surface area (Å²) in [5.41, 5.74) is 8.81. The van der Waals surface area contributed by atoms with Gasteiger partial charge in [0.25, 0.3) is 0 Å². The number of aromatic nitrogens is 1. The number of piperidine rings is 1. The Labute approximate surface area is 188 Å². The number of rotatable bonds is 5. The van der Waals surface area contributed by atoms with Gasteiger partial charge in [0.2, 0.25) is 6.04 Å². The third kappa shape index (κ3) is 4.40. The van der Waals surface area contributed by atoms with Gasteiger partial charge < -0.3 is 10.8 Å². The molecule has 0 bridgehead atoms. The molecule has 31 heavy (non-hydrogen) atoms. The van der Waals surface area contributed by atoms with E-state index in [0.29, 0.717) is 19.5 Å². The Bertz CT molecular complexity index is 1080. The Morgan fingerprint density at radius 1 is 1.23 bits per heavy atom. The molecule has 4 rings (SSSR count). The van der Waals surface area contributed by atoms with E-state index in [1.807, 2.05) is 36.4 Å². The molecule has 0 aliphatic carbocycles. The summed E-state index contributed by atoms with van der Waals surface area (Å²) in [5, 5.41) is 22.4. The molecular formula is C23H23BrN4O3. The monoisotopic (exact) mass is 482 g/mol. The van der Waals surface area contributed by atoms with Crippen molar-refractivity contribution in [2.75, 3.05) is 12.3 Å². The first kappa shape index (κ1) is 21.3. The van der Waals surface area contributed by atoms with E-state index in [2.05, 4.69) is 25.8 Å². The van der Waals surface area contributed by atoms with E-state index in [1.54, 1.807) is 24.5 Å². The maximum Gasteiger partial charge on any atom is 0.239 e. The van der Waals surface area contributed by atoms with Crippen molar-refractivity contribution < 1.29 is 10.0 Å². The lowest BCUT2D eigenvalue weighted by Crippen LogP contribution is -2.48. The summed E-state index contributed by atoms with van der Waals surface area (Å²) in [6.45, 7) is 1.21. The summed E-state index contributed by atoms with van der Waals surface area (Å²) in [7, 11) is 0. The number of pyridine rings is 1. The van der Waals surface area contributed by atoms with Crippen LogP contribution in [0.5, 0.6) is 5.75 Å². The molecule has 3 atom stereocenters. The zero-order valence-electron chi connectivity index (χ0n) is 16.8. The fourth-order valence-electron chi connectivity index (χ4n) is 4.50. The van der Waals surface area contributed by atoms with E-state index in [9.17, 15) is 15.2 Å². The van der Waals surface area contributed by atoms with Crippen LogP contribution in [0.1, 0.15) is 35.1 Å². The third-order valence-corrected chi connectivity index (χ3v) is 6.63. The smallest absolute Gasteiger partial charge is 0.239 e. The summed E-state index contributed by atoms with van der Waals surface area (Å²) in [5.74, 6) is -0.297. The molecule has 0 radical (unpaired) electrons. The molecule has 0 amide bonds. The highest BCUT2D eigenvalue weighted by Gasteiger charge is 2.48. The lowest BCUT2D eigenvalue weighted by atomic mass is 9.78. The van der Waals surface area contributed by atoms with E-state index >= 15 is 0 Å². The molecule has 7 nitrogen and oxygen atoms in total. The predicted octanol–water partition coefficient (Wildman–Crippen LogP) is 4.51. The van der Waals surface area contributed by atoms with Crippen LogP contribution in [-0.2, 0) is 6.54 Å². The van der Waals surface area contributed by atoms with Crippen molar-refractivity contribution in [1.29, 1.82) is 0 Å². The van der Waals surface area contributed by atoms with Gasteiger partial charge in [0.1, 0.15) is 11.8 Å². The molecule has 1 aliphatic rings. The topological polar surface area (TPSA) is 106 Å². The molecule has 2 heterocycles. The number of phenolic OH excluding ortho intramolecular Hbond substituents is 1. The number of hydrogen-bond acceptors (Lipinski definition) is 6. The van der Waals surface area contributed by atoms with Gasteiger partial charge >= 0.3 is 0 Å². The van der Waals surface area contributed by atoms with Crippen molar-refractivity contribution in [3.05, 3.63) is 98.3 Å². The highest BCUT2D eigenvalue weighted by molar-refractivity contribution is 9.10. The summed E-state index contributed by atoms with van der Waals surface area (Å²) >= 11 is 3.58. The van der Waals surface area contributed by atoms with Gasteiger partial charge in [-0.05, 0) is 47.4 Å². The average molecular weight is 483 g/mol. The molecule has 1 saturated heterocycles. The molecule has 3 aromatic rings. The van der Waals surface area contributed by atoms with Gasteiger partial charge in [-0.2, -0.15) is 0 Å². The van der Waals surface area contributed by atoms with Gasteiger partial charge in [-0.1, -0.05) is 46.3 Å². The highest BCUT2D eigenvalue weighted by atomic mass is 79.9. The number of phenols is 1. The molecule has 0 unspecified atom stereocenters. The minimum Gasteiger partial charge on any atom is -0.506 e. The Morgan fingerprint density at radius 3 is 2.71 bits per heavy atom. The first-order valence-electron chi connectivity index (χ1n) is 10.0. The number of halogens is 1. The van der Waals surface area contributed by atoms with Crippen molar-refractivity contribution >= 4 is 21.6 Å². The summed E-state index contributed by atoms with van der Waals surface area (Å²) in [6.07, 6.45) is 4.14. The van der Waals surface area contributed by atoms with Crippen LogP contribution >= 0.6 is 15.9 Å². The van der Waals surface area contributed by atoms with Gasteiger partial charge in [-0.25, -0.2) is 0 Å². The van der Waals surface area contributed by atoms with Gasteiger partial charge in [0.05, 0.1) is 11.6 Å². The number of aromatic hydroxyl groups is 1. The Kier molecular flexibility index (Phi) is 6.20. The Hall–Kier alpha value is -2.97. The fraction of sp³-hybridized carbons (Fsp3) is 0.261. The SMILES string of the molecule is Nc1cc([C@@H]2[C@@H]([N+](=O)[O-])[C@H](c3ccccc3Br)CCN2Cc2cccnc2)ccc1O. The summed E-state index contributed by atoms with van der Waals surface area (Å²) in [6, 6.07) is 15.0. The Morgan fingerprint density at radius 2 is 2.03 bits per heavy atom. The second kappa shape index (κ2) is 9.03. The molecule has 1 aliphatic heterocycles. The zero-order valence-corrected chi connectivity index (χ0v) is 18.4. The molecule has 3 N–H and O–H groups in total. The van der Waals surface area contributed by atoms with Crippen molar-refractivity contribution in [3.63, 3.8) is 0 Å². The fourth-order valence-corrected chi connectivity index (χ4v) is 5.08. The van der Waals surface area contributed by atoms with E-state index < -0.39 is 12.1 Å². The maximum atomic E-state index is 12.5. The average Bonchev–Trinajstić information content (AvgIpc) is 2.76. The molecule has 0 spiro atoms. The Balaban J connectivity index is 1.80. The molecule has 8 heteroatoms. The van der Waals surface area contributed by atoms with Crippen LogP contribution < -0.4 is 5.73 Å². The molecule has 1 aromatic heterocycles. The summed E-state index contributed by atoms with van der Waals surface area (Å²) < 4.78 is 0.872. The third-order valence-electron chi connectivity index (χ3n) is 5.91. The number of hydrogen-bond donors (Lipinski definition) is 2. The van der Waals surface area contributed by atoms with E-state index in [-0.39, 0.29) is 22.3 Å². The van der Waals surface area contributed by atoms with Crippen LogP contribution in [0, 0.1) is 10.1 Å². The van der Waals surface area contributed by atoms with Crippen LogP contribution in [0.15, 0.2) is 71.5 Å². The molecule has 0 saturated carbocycles. The normalized spacial score (nSPS) is 21.6. The van der Waals surface area contributed by atoms with Crippen LogP contribution in [-0.4, -0.2) is 32.5 Å². The minimum absolute atomic E-state index is 0.0293. The van der Waals surface area contributed by atoms with Crippen LogP contribution in [0.2, 0.25) is 0 Å². The second-order valence-corrected chi connectivity index (χ2v) is 8.64. The number of anilines is 1. The van der Waals surface area contributed by atoms with Gasteiger partial charge in [0.15, 0.2) is 0 Å². The van der Waals surface area contributed by atoms with Crippen LogP contribution in [0.25, 0.3) is 0 Å². The molecule has 2 aromatic carbocycles. The van der Waals surface area contributed by atoms with Crippen molar-refractivity contribution in [2.45, 2.75) is 31.0 Å². The number of likely N-dealkylation sites (tertiary alicyclic amines) is 1. The lowest BCUT2D eigenvalue weighted by Gasteiger charge is -2.41. The summed E-state index contributed by atoms with van der Waals surface area (Å²) in [4.78, 5) is 18.6. The largest absolute Gasteiger partial charge is 0.506 e.